The highest BCUT2D eigenvalue weighted by Gasteiger charge is 2.27. The fourth-order valence-corrected chi connectivity index (χ4v) is 3.66. The van der Waals surface area contributed by atoms with Crippen LogP contribution in [0.5, 0.6) is 0 Å². The standard InChI is InChI=1S/C20H40N2O/c1-6-19(13-15-21-14-12-16(2)3)22(5)20(23)18-9-7-8-17(4)10-11-18/h16-19,21H,6-15H2,1-5H3/t17-,18?,19?/m1/s1. The second-order valence-corrected chi connectivity index (χ2v) is 8.04. The van der Waals surface area contributed by atoms with E-state index < -0.39 is 0 Å². The molecule has 3 heteroatoms. The van der Waals surface area contributed by atoms with E-state index in [1.807, 2.05) is 7.05 Å². The van der Waals surface area contributed by atoms with Crippen molar-refractivity contribution in [3.63, 3.8) is 0 Å². The molecule has 1 N–H and O–H groups in total. The predicted octanol–water partition coefficient (Wildman–Crippen LogP) is 4.47. The molecule has 1 saturated carbocycles. The molecule has 0 aromatic rings. The SMILES string of the molecule is CCC(CCNCCC(C)C)N(C)C(=O)C1CCC[C@@H](C)CC1. The van der Waals surface area contributed by atoms with E-state index in [9.17, 15) is 4.79 Å². The van der Waals surface area contributed by atoms with Crippen LogP contribution < -0.4 is 5.32 Å². The molecule has 1 amide bonds. The lowest BCUT2D eigenvalue weighted by molar-refractivity contribution is -0.137. The Morgan fingerprint density at radius 1 is 1.13 bits per heavy atom. The lowest BCUT2D eigenvalue weighted by atomic mass is 9.96. The minimum Gasteiger partial charge on any atom is -0.343 e. The molecule has 1 fully saturated rings. The summed E-state index contributed by atoms with van der Waals surface area (Å²) in [7, 11) is 2.03. The van der Waals surface area contributed by atoms with Gasteiger partial charge in [-0.05, 0) is 63.5 Å². The highest BCUT2D eigenvalue weighted by Crippen LogP contribution is 2.28. The number of hydrogen-bond donors (Lipinski definition) is 1. The Kier molecular flexibility index (Phi) is 9.85. The monoisotopic (exact) mass is 324 g/mol. The van der Waals surface area contributed by atoms with E-state index in [0.29, 0.717) is 11.9 Å². The van der Waals surface area contributed by atoms with Gasteiger partial charge in [-0.25, -0.2) is 0 Å². The second-order valence-electron chi connectivity index (χ2n) is 8.04. The summed E-state index contributed by atoms with van der Waals surface area (Å²) >= 11 is 0. The highest BCUT2D eigenvalue weighted by molar-refractivity contribution is 5.78. The van der Waals surface area contributed by atoms with Crippen LogP contribution in [0.4, 0.5) is 0 Å². The van der Waals surface area contributed by atoms with Crippen LogP contribution in [-0.2, 0) is 4.79 Å². The number of rotatable bonds is 9. The molecule has 3 atom stereocenters. The Morgan fingerprint density at radius 2 is 1.83 bits per heavy atom. The Morgan fingerprint density at radius 3 is 2.48 bits per heavy atom. The molecular formula is C20H40N2O. The number of hydrogen-bond acceptors (Lipinski definition) is 2. The fraction of sp³-hybridized carbons (Fsp3) is 0.950. The largest absolute Gasteiger partial charge is 0.343 e. The van der Waals surface area contributed by atoms with E-state index in [1.54, 1.807) is 0 Å². The van der Waals surface area contributed by atoms with E-state index in [0.717, 1.165) is 50.6 Å². The summed E-state index contributed by atoms with van der Waals surface area (Å²) in [6.45, 7) is 11.2. The molecule has 1 rings (SSSR count). The zero-order valence-electron chi connectivity index (χ0n) is 16.2. The molecule has 136 valence electrons. The summed E-state index contributed by atoms with van der Waals surface area (Å²) in [6.07, 6.45) is 9.27. The van der Waals surface area contributed by atoms with Gasteiger partial charge in [0, 0.05) is 19.0 Å². The summed E-state index contributed by atoms with van der Waals surface area (Å²) in [5.74, 6) is 2.22. The van der Waals surface area contributed by atoms with E-state index >= 15 is 0 Å². The molecule has 23 heavy (non-hydrogen) atoms. The van der Waals surface area contributed by atoms with Gasteiger partial charge in [-0.15, -0.1) is 0 Å². The molecule has 0 aromatic carbocycles. The van der Waals surface area contributed by atoms with Crippen LogP contribution in [0.15, 0.2) is 0 Å². The summed E-state index contributed by atoms with van der Waals surface area (Å²) in [5.41, 5.74) is 0. The second kappa shape index (κ2) is 11.1. The average molecular weight is 325 g/mol. The lowest BCUT2D eigenvalue weighted by Gasteiger charge is -2.31. The zero-order valence-corrected chi connectivity index (χ0v) is 16.2. The molecular weight excluding hydrogens is 284 g/mol. The van der Waals surface area contributed by atoms with Crippen LogP contribution in [0, 0.1) is 17.8 Å². The van der Waals surface area contributed by atoms with Gasteiger partial charge in [0.1, 0.15) is 0 Å². The Labute approximate surface area is 144 Å². The maximum Gasteiger partial charge on any atom is 0.225 e. The molecule has 1 aliphatic carbocycles. The van der Waals surface area contributed by atoms with Crippen molar-refractivity contribution in [2.24, 2.45) is 17.8 Å². The number of nitrogens with one attached hydrogen (secondary N) is 1. The molecule has 2 unspecified atom stereocenters. The van der Waals surface area contributed by atoms with Gasteiger partial charge in [-0.2, -0.15) is 0 Å². The molecule has 0 aliphatic heterocycles. The molecule has 0 bridgehead atoms. The van der Waals surface area contributed by atoms with Crippen molar-refractivity contribution in [2.75, 3.05) is 20.1 Å². The molecule has 3 nitrogen and oxygen atoms in total. The molecule has 0 aromatic heterocycles. The van der Waals surface area contributed by atoms with Crippen molar-refractivity contribution in [3.05, 3.63) is 0 Å². The summed E-state index contributed by atoms with van der Waals surface area (Å²) in [4.78, 5) is 14.9. The molecule has 0 radical (unpaired) electrons. The number of nitrogens with zero attached hydrogens (tertiary/aromatic N) is 1. The first-order chi connectivity index (χ1) is 11.0. The molecule has 0 saturated heterocycles. The van der Waals surface area contributed by atoms with Crippen LogP contribution >= 0.6 is 0 Å². The number of carbonyl (C=O) groups is 1. The Balaban J connectivity index is 2.38. The van der Waals surface area contributed by atoms with Gasteiger partial charge < -0.3 is 10.2 Å². The van der Waals surface area contributed by atoms with E-state index in [-0.39, 0.29) is 5.92 Å². The van der Waals surface area contributed by atoms with Gasteiger partial charge in [-0.1, -0.05) is 40.5 Å². The van der Waals surface area contributed by atoms with Crippen LogP contribution in [0.3, 0.4) is 0 Å². The zero-order chi connectivity index (χ0) is 17.2. The fourth-order valence-electron chi connectivity index (χ4n) is 3.66. The molecule has 1 aliphatic rings. The Hall–Kier alpha value is -0.570. The third kappa shape index (κ3) is 7.69. The summed E-state index contributed by atoms with van der Waals surface area (Å²) in [5, 5.41) is 3.53. The van der Waals surface area contributed by atoms with Crippen LogP contribution in [0.2, 0.25) is 0 Å². The minimum absolute atomic E-state index is 0.271. The van der Waals surface area contributed by atoms with E-state index in [2.05, 4.69) is 37.9 Å². The van der Waals surface area contributed by atoms with Crippen molar-refractivity contribution < 1.29 is 4.79 Å². The normalized spacial score (nSPS) is 23.6. The van der Waals surface area contributed by atoms with Crippen molar-refractivity contribution in [3.8, 4) is 0 Å². The van der Waals surface area contributed by atoms with Crippen molar-refractivity contribution in [1.29, 1.82) is 0 Å². The first-order valence-electron chi connectivity index (χ1n) is 9.93. The van der Waals surface area contributed by atoms with Gasteiger partial charge in [0.05, 0.1) is 0 Å². The average Bonchev–Trinajstić information content (AvgIpc) is 2.74. The minimum atomic E-state index is 0.271. The van der Waals surface area contributed by atoms with Gasteiger partial charge in [-0.3, -0.25) is 4.79 Å². The number of carbonyl (C=O) groups excluding carboxylic acids is 1. The smallest absolute Gasteiger partial charge is 0.225 e. The van der Waals surface area contributed by atoms with Gasteiger partial charge in [0.25, 0.3) is 0 Å². The van der Waals surface area contributed by atoms with Crippen molar-refractivity contribution >= 4 is 5.91 Å². The van der Waals surface area contributed by atoms with E-state index in [4.69, 9.17) is 0 Å². The first kappa shape index (κ1) is 20.5. The number of amides is 1. The van der Waals surface area contributed by atoms with Gasteiger partial charge in [0.2, 0.25) is 5.91 Å². The highest BCUT2D eigenvalue weighted by atomic mass is 16.2. The quantitative estimate of drug-likeness (QED) is 0.501. The molecule has 0 spiro atoms. The maximum atomic E-state index is 12.8. The lowest BCUT2D eigenvalue weighted by Crippen LogP contribution is -2.41. The van der Waals surface area contributed by atoms with Crippen LogP contribution in [-0.4, -0.2) is 37.0 Å². The first-order valence-corrected chi connectivity index (χ1v) is 9.93. The third-order valence-corrected chi connectivity index (χ3v) is 5.53. The van der Waals surface area contributed by atoms with Gasteiger partial charge >= 0.3 is 0 Å². The van der Waals surface area contributed by atoms with Gasteiger partial charge in [0.15, 0.2) is 0 Å². The maximum absolute atomic E-state index is 12.8. The third-order valence-electron chi connectivity index (χ3n) is 5.53. The van der Waals surface area contributed by atoms with Crippen LogP contribution in [0.1, 0.15) is 79.1 Å². The topological polar surface area (TPSA) is 32.3 Å². The predicted molar refractivity (Wildman–Crippen MR) is 99.5 cm³/mol. The summed E-state index contributed by atoms with van der Waals surface area (Å²) in [6, 6.07) is 0.384. The van der Waals surface area contributed by atoms with Crippen molar-refractivity contribution in [1.82, 2.24) is 10.2 Å². The molecule has 0 heterocycles. The van der Waals surface area contributed by atoms with Crippen molar-refractivity contribution in [2.45, 2.75) is 85.1 Å². The Bertz CT molecular complexity index is 330. The van der Waals surface area contributed by atoms with Crippen LogP contribution in [0.25, 0.3) is 0 Å². The summed E-state index contributed by atoms with van der Waals surface area (Å²) < 4.78 is 0. The van der Waals surface area contributed by atoms with E-state index in [1.165, 1.54) is 25.7 Å².